The van der Waals surface area contributed by atoms with Crippen LogP contribution in [0.1, 0.15) is 5.56 Å². The van der Waals surface area contributed by atoms with Gasteiger partial charge in [-0.05, 0) is 42.6 Å². The fourth-order valence-corrected chi connectivity index (χ4v) is 3.71. The van der Waals surface area contributed by atoms with E-state index in [1.165, 1.54) is 18.2 Å². The smallest absolute Gasteiger partial charge is 0.344 e. The molecule has 0 bridgehead atoms. The van der Waals surface area contributed by atoms with E-state index in [9.17, 15) is 13.2 Å². The lowest BCUT2D eigenvalue weighted by atomic mass is 10.1. The second-order valence-corrected chi connectivity index (χ2v) is 7.49. The zero-order chi connectivity index (χ0) is 18.3. The van der Waals surface area contributed by atoms with Gasteiger partial charge in [0.1, 0.15) is 16.2 Å². The Morgan fingerprint density at radius 3 is 2.27 bits per heavy atom. The third kappa shape index (κ3) is 2.84. The molecule has 5 nitrogen and oxygen atoms in total. The van der Waals surface area contributed by atoms with Gasteiger partial charge in [0.25, 0.3) is 0 Å². The van der Waals surface area contributed by atoms with Crippen LogP contribution >= 0.6 is 0 Å². The average molecular weight is 366 g/mol. The summed E-state index contributed by atoms with van der Waals surface area (Å²) in [5.74, 6) is 0.0801. The van der Waals surface area contributed by atoms with Gasteiger partial charge in [0.2, 0.25) is 0 Å². The zero-order valence-corrected chi connectivity index (χ0v) is 14.6. The van der Waals surface area contributed by atoms with Crippen molar-refractivity contribution >= 4 is 31.9 Å². The molecule has 0 aliphatic carbocycles. The van der Waals surface area contributed by atoms with E-state index in [0.717, 1.165) is 10.9 Å². The molecule has 0 saturated carbocycles. The maximum absolute atomic E-state index is 12.4. The first-order chi connectivity index (χ1) is 12.4. The summed E-state index contributed by atoms with van der Waals surface area (Å²) in [6, 6.07) is 18.1. The molecule has 0 spiro atoms. The van der Waals surface area contributed by atoms with Gasteiger partial charge < -0.3 is 8.60 Å². The number of benzene rings is 3. The monoisotopic (exact) mass is 366 g/mol. The summed E-state index contributed by atoms with van der Waals surface area (Å²) in [5, 5.41) is 1.92. The average Bonchev–Trinajstić information content (AvgIpc) is 2.62. The first-order valence-electron chi connectivity index (χ1n) is 7.91. The van der Waals surface area contributed by atoms with E-state index in [1.807, 2.05) is 19.1 Å². The fraction of sp³-hybridized carbons (Fsp3) is 0.0500. The molecule has 1 aromatic heterocycles. The van der Waals surface area contributed by atoms with Gasteiger partial charge in [0.15, 0.2) is 0 Å². The summed E-state index contributed by atoms with van der Waals surface area (Å²) in [7, 11) is -3.97. The number of rotatable bonds is 3. The van der Waals surface area contributed by atoms with Gasteiger partial charge in [0.05, 0.1) is 5.39 Å². The van der Waals surface area contributed by atoms with Gasteiger partial charge in [0, 0.05) is 11.5 Å². The van der Waals surface area contributed by atoms with Crippen LogP contribution in [0, 0.1) is 6.92 Å². The summed E-state index contributed by atoms with van der Waals surface area (Å²) in [5.41, 5.74) is 0.736. The highest BCUT2D eigenvalue weighted by Crippen LogP contribution is 2.27. The van der Waals surface area contributed by atoms with Crippen LogP contribution in [0.3, 0.4) is 0 Å². The molecule has 3 aromatic carbocycles. The molecule has 0 fully saturated rings. The minimum absolute atomic E-state index is 0.0585. The first-order valence-corrected chi connectivity index (χ1v) is 9.32. The van der Waals surface area contributed by atoms with Crippen LogP contribution in [0.2, 0.25) is 0 Å². The molecule has 130 valence electrons. The molecule has 26 heavy (non-hydrogen) atoms. The van der Waals surface area contributed by atoms with Crippen LogP contribution in [0.15, 0.2) is 80.8 Å². The van der Waals surface area contributed by atoms with Crippen LogP contribution in [0.4, 0.5) is 0 Å². The lowest BCUT2D eigenvalue weighted by molar-refractivity contribution is 0.485. The van der Waals surface area contributed by atoms with Gasteiger partial charge in [-0.1, -0.05) is 35.9 Å². The molecule has 1 heterocycles. The van der Waals surface area contributed by atoms with E-state index in [0.29, 0.717) is 10.8 Å². The Bertz CT molecular complexity index is 1290. The molecule has 0 atom stereocenters. The van der Waals surface area contributed by atoms with E-state index >= 15 is 0 Å². The molecule has 0 aliphatic rings. The molecule has 4 rings (SSSR count). The highest BCUT2D eigenvalue weighted by Gasteiger charge is 2.17. The lowest BCUT2D eigenvalue weighted by Gasteiger charge is -2.08. The van der Waals surface area contributed by atoms with E-state index in [-0.39, 0.29) is 16.2 Å². The zero-order valence-electron chi connectivity index (χ0n) is 13.8. The quantitative estimate of drug-likeness (QED) is 0.311. The van der Waals surface area contributed by atoms with Gasteiger partial charge in [-0.25, -0.2) is 4.79 Å². The minimum atomic E-state index is -3.97. The molecule has 0 amide bonds. The van der Waals surface area contributed by atoms with Crippen LogP contribution in [0.5, 0.6) is 5.75 Å². The molecule has 0 aliphatic heterocycles. The van der Waals surface area contributed by atoms with Gasteiger partial charge in [-0.2, -0.15) is 8.42 Å². The van der Waals surface area contributed by atoms with Gasteiger partial charge in [-0.15, -0.1) is 0 Å². The van der Waals surface area contributed by atoms with Gasteiger partial charge in [-0.3, -0.25) is 0 Å². The van der Waals surface area contributed by atoms with E-state index in [1.54, 1.807) is 36.4 Å². The van der Waals surface area contributed by atoms with Crippen molar-refractivity contribution in [1.82, 2.24) is 0 Å². The van der Waals surface area contributed by atoms with Crippen molar-refractivity contribution in [3.05, 3.63) is 82.7 Å². The summed E-state index contributed by atoms with van der Waals surface area (Å²) in [4.78, 5) is 12.2. The van der Waals surface area contributed by atoms with Crippen LogP contribution in [-0.2, 0) is 10.1 Å². The Hall–Kier alpha value is -3.12. The minimum Gasteiger partial charge on any atom is -0.422 e. The predicted octanol–water partition coefficient (Wildman–Crippen LogP) is 4.02. The molecular weight excluding hydrogens is 352 g/mol. The molecule has 0 unspecified atom stereocenters. The van der Waals surface area contributed by atoms with Crippen LogP contribution in [0.25, 0.3) is 21.7 Å². The van der Waals surface area contributed by atoms with Crippen molar-refractivity contribution in [1.29, 1.82) is 0 Å². The summed E-state index contributed by atoms with van der Waals surface area (Å²) in [6.07, 6.45) is 0. The third-order valence-electron chi connectivity index (χ3n) is 4.11. The number of hydrogen-bond donors (Lipinski definition) is 0. The molecule has 6 heteroatoms. The van der Waals surface area contributed by atoms with E-state index in [4.69, 9.17) is 8.60 Å². The predicted molar refractivity (Wildman–Crippen MR) is 99.0 cm³/mol. The second kappa shape index (κ2) is 6.00. The number of aryl methyl sites for hydroxylation is 1. The van der Waals surface area contributed by atoms with Crippen LogP contribution < -0.4 is 9.81 Å². The van der Waals surface area contributed by atoms with Crippen molar-refractivity contribution in [3.63, 3.8) is 0 Å². The Kier molecular flexibility index (Phi) is 3.77. The summed E-state index contributed by atoms with van der Waals surface area (Å²) >= 11 is 0. The SMILES string of the molecule is Cc1ccc(S(=O)(=O)Oc2ccc3c(c2)oc(=O)c2ccccc23)cc1. The Balaban J connectivity index is 1.79. The highest BCUT2D eigenvalue weighted by molar-refractivity contribution is 7.87. The van der Waals surface area contributed by atoms with Crippen molar-refractivity contribution < 1.29 is 17.0 Å². The van der Waals surface area contributed by atoms with Crippen LogP contribution in [-0.4, -0.2) is 8.42 Å². The van der Waals surface area contributed by atoms with Gasteiger partial charge >= 0.3 is 15.7 Å². The Morgan fingerprint density at radius 2 is 1.54 bits per heavy atom. The topological polar surface area (TPSA) is 73.6 Å². The maximum Gasteiger partial charge on any atom is 0.344 e. The Labute approximate surface area is 149 Å². The van der Waals surface area contributed by atoms with E-state index < -0.39 is 15.7 Å². The van der Waals surface area contributed by atoms with Crippen molar-refractivity contribution in [2.45, 2.75) is 11.8 Å². The molecular formula is C20H14O5S. The lowest BCUT2D eigenvalue weighted by Crippen LogP contribution is -2.09. The standard InChI is InChI=1S/C20H14O5S/c1-13-6-9-15(10-7-13)26(22,23)25-14-8-11-17-16-4-2-3-5-18(16)20(21)24-19(17)12-14/h2-12H,1H3. The van der Waals surface area contributed by atoms with Crippen molar-refractivity contribution in [2.75, 3.05) is 0 Å². The number of hydrogen-bond acceptors (Lipinski definition) is 5. The first kappa shape index (κ1) is 16.4. The van der Waals surface area contributed by atoms with Crippen molar-refractivity contribution in [3.8, 4) is 5.75 Å². The van der Waals surface area contributed by atoms with Crippen molar-refractivity contribution in [2.24, 2.45) is 0 Å². The normalized spacial score (nSPS) is 11.7. The van der Waals surface area contributed by atoms with E-state index in [2.05, 4.69) is 0 Å². The molecule has 0 radical (unpaired) electrons. The maximum atomic E-state index is 12.4. The largest absolute Gasteiger partial charge is 0.422 e. The Morgan fingerprint density at radius 1 is 0.846 bits per heavy atom. The molecule has 4 aromatic rings. The highest BCUT2D eigenvalue weighted by atomic mass is 32.2. The fourth-order valence-electron chi connectivity index (χ4n) is 2.79. The molecule has 0 saturated heterocycles. The number of fused-ring (bicyclic) bond motifs is 3. The summed E-state index contributed by atoms with van der Waals surface area (Å²) < 4.78 is 35.3. The molecule has 0 N–H and O–H groups in total. The second-order valence-electron chi connectivity index (χ2n) is 5.94. The summed E-state index contributed by atoms with van der Waals surface area (Å²) in [6.45, 7) is 1.87. The third-order valence-corrected chi connectivity index (χ3v) is 5.37.